The van der Waals surface area contributed by atoms with E-state index in [1.807, 2.05) is 47.8 Å². The lowest BCUT2D eigenvalue weighted by Gasteiger charge is -2.06. The van der Waals surface area contributed by atoms with Crippen LogP contribution in [0.5, 0.6) is 0 Å². The number of thiophene rings is 1. The lowest BCUT2D eigenvalue weighted by molar-refractivity contribution is -0.145. The van der Waals surface area contributed by atoms with Crippen LogP contribution in [-0.2, 0) is 27.4 Å². The zero-order chi connectivity index (χ0) is 18.4. The number of hydrogen-bond acceptors (Lipinski definition) is 6. The molecule has 3 aromatic rings. The van der Waals surface area contributed by atoms with E-state index in [9.17, 15) is 9.59 Å². The molecule has 0 spiro atoms. The van der Waals surface area contributed by atoms with E-state index in [1.54, 1.807) is 6.92 Å². The molecule has 0 atom stereocenters. The van der Waals surface area contributed by atoms with Gasteiger partial charge < -0.3 is 14.5 Å². The van der Waals surface area contributed by atoms with Crippen LogP contribution in [0.3, 0.4) is 0 Å². The number of hydrogen-bond donors (Lipinski definition) is 1. The molecule has 26 heavy (non-hydrogen) atoms. The minimum atomic E-state index is -0.488. The fourth-order valence-electron chi connectivity index (χ4n) is 2.27. The van der Waals surface area contributed by atoms with Crippen molar-refractivity contribution in [1.29, 1.82) is 0 Å². The minimum absolute atomic E-state index is 0.0483. The van der Waals surface area contributed by atoms with Crippen LogP contribution in [-0.4, -0.2) is 23.4 Å². The second-order valence-electron chi connectivity index (χ2n) is 5.60. The molecule has 0 aliphatic rings. The van der Waals surface area contributed by atoms with E-state index in [4.69, 9.17) is 9.15 Å². The van der Waals surface area contributed by atoms with E-state index in [2.05, 4.69) is 10.3 Å². The van der Waals surface area contributed by atoms with Gasteiger partial charge in [-0.3, -0.25) is 9.59 Å². The average molecular weight is 370 g/mol. The van der Waals surface area contributed by atoms with E-state index in [0.29, 0.717) is 17.3 Å². The molecule has 0 unspecified atom stereocenters. The Hall–Kier alpha value is -2.93. The highest BCUT2D eigenvalue weighted by molar-refractivity contribution is 7.13. The van der Waals surface area contributed by atoms with E-state index in [0.717, 1.165) is 10.4 Å². The van der Waals surface area contributed by atoms with Crippen LogP contribution in [0.4, 0.5) is 0 Å². The molecule has 1 N–H and O–H groups in total. The number of oxazole rings is 1. The first kappa shape index (κ1) is 17.9. The molecule has 2 heterocycles. The van der Waals surface area contributed by atoms with Gasteiger partial charge in [-0.05, 0) is 23.9 Å². The standard InChI is InChI=1S/C19H18N2O4S/c1-13-15(21-19(25-13)16-8-5-9-26-16)10-17(22)20-11-18(23)24-12-14-6-3-2-4-7-14/h2-9H,10-12H2,1H3,(H,20,22). The molecule has 134 valence electrons. The van der Waals surface area contributed by atoms with Gasteiger partial charge in [-0.2, -0.15) is 0 Å². The lowest BCUT2D eigenvalue weighted by Crippen LogP contribution is -2.31. The van der Waals surface area contributed by atoms with Gasteiger partial charge in [0, 0.05) is 0 Å². The largest absolute Gasteiger partial charge is 0.460 e. The van der Waals surface area contributed by atoms with Gasteiger partial charge in [0.05, 0.1) is 17.0 Å². The molecular formula is C19H18N2O4S. The number of benzene rings is 1. The first-order valence-corrected chi connectivity index (χ1v) is 8.96. The highest BCUT2D eigenvalue weighted by atomic mass is 32.1. The van der Waals surface area contributed by atoms with Gasteiger partial charge in [-0.25, -0.2) is 4.98 Å². The first-order chi connectivity index (χ1) is 12.6. The summed E-state index contributed by atoms with van der Waals surface area (Å²) in [6, 6.07) is 13.2. The summed E-state index contributed by atoms with van der Waals surface area (Å²) in [6.07, 6.45) is 0.0483. The Labute approximate surface area is 154 Å². The first-order valence-electron chi connectivity index (χ1n) is 8.08. The number of carbonyl (C=O) groups is 2. The number of aromatic nitrogens is 1. The van der Waals surface area contributed by atoms with E-state index in [-0.39, 0.29) is 25.5 Å². The molecule has 0 radical (unpaired) electrons. The topological polar surface area (TPSA) is 81.4 Å². The van der Waals surface area contributed by atoms with Crippen molar-refractivity contribution in [2.45, 2.75) is 20.0 Å². The molecule has 0 saturated heterocycles. The van der Waals surface area contributed by atoms with Crippen molar-refractivity contribution in [3.8, 4) is 10.8 Å². The van der Waals surface area contributed by atoms with Crippen molar-refractivity contribution < 1.29 is 18.7 Å². The molecule has 6 nitrogen and oxygen atoms in total. The Morgan fingerprint density at radius 1 is 1.19 bits per heavy atom. The predicted octanol–water partition coefficient (Wildman–Crippen LogP) is 3.11. The molecule has 2 aromatic heterocycles. The third-order valence-corrected chi connectivity index (χ3v) is 4.48. The minimum Gasteiger partial charge on any atom is -0.460 e. The lowest BCUT2D eigenvalue weighted by atomic mass is 10.2. The molecular weight excluding hydrogens is 352 g/mol. The quantitative estimate of drug-likeness (QED) is 0.646. The van der Waals surface area contributed by atoms with Gasteiger partial charge >= 0.3 is 5.97 Å². The van der Waals surface area contributed by atoms with Crippen molar-refractivity contribution in [2.75, 3.05) is 6.54 Å². The summed E-state index contributed by atoms with van der Waals surface area (Å²) in [4.78, 5) is 29.0. The number of amides is 1. The summed E-state index contributed by atoms with van der Waals surface area (Å²) < 4.78 is 10.7. The van der Waals surface area contributed by atoms with Crippen LogP contribution in [0.1, 0.15) is 17.0 Å². The fourth-order valence-corrected chi connectivity index (χ4v) is 2.92. The number of nitrogens with zero attached hydrogens (tertiary/aromatic N) is 1. The van der Waals surface area contributed by atoms with E-state index < -0.39 is 5.97 Å². The third kappa shape index (κ3) is 4.80. The number of aryl methyl sites for hydroxylation is 1. The second kappa shape index (κ2) is 8.44. The Bertz CT molecular complexity index is 872. The van der Waals surface area contributed by atoms with Crippen LogP contribution in [0.2, 0.25) is 0 Å². The zero-order valence-corrected chi connectivity index (χ0v) is 15.0. The maximum atomic E-state index is 12.0. The van der Waals surface area contributed by atoms with Crippen LogP contribution < -0.4 is 5.32 Å². The summed E-state index contributed by atoms with van der Waals surface area (Å²) >= 11 is 1.52. The summed E-state index contributed by atoms with van der Waals surface area (Å²) in [5.41, 5.74) is 1.45. The predicted molar refractivity (Wildman–Crippen MR) is 97.5 cm³/mol. The smallest absolute Gasteiger partial charge is 0.325 e. The van der Waals surface area contributed by atoms with Crippen LogP contribution in [0.25, 0.3) is 10.8 Å². The SMILES string of the molecule is Cc1oc(-c2cccs2)nc1CC(=O)NCC(=O)OCc1ccccc1. The van der Waals surface area contributed by atoms with Crippen LogP contribution in [0, 0.1) is 6.92 Å². The molecule has 0 bridgehead atoms. The van der Waals surface area contributed by atoms with Crippen molar-refractivity contribution in [1.82, 2.24) is 10.3 Å². The Balaban J connectivity index is 1.46. The van der Waals surface area contributed by atoms with Gasteiger partial charge in [0.15, 0.2) is 0 Å². The van der Waals surface area contributed by atoms with Gasteiger partial charge in [-0.15, -0.1) is 11.3 Å². The molecule has 3 rings (SSSR count). The molecule has 7 heteroatoms. The van der Waals surface area contributed by atoms with E-state index >= 15 is 0 Å². The van der Waals surface area contributed by atoms with Crippen molar-refractivity contribution >= 4 is 23.2 Å². The summed E-state index contributed by atoms with van der Waals surface area (Å²) in [6.45, 7) is 1.77. The van der Waals surface area contributed by atoms with Crippen LogP contribution in [0.15, 0.2) is 52.3 Å². The van der Waals surface area contributed by atoms with Gasteiger partial charge in [0.2, 0.25) is 11.8 Å². The van der Waals surface area contributed by atoms with Gasteiger partial charge in [-0.1, -0.05) is 36.4 Å². The molecule has 0 aliphatic heterocycles. The van der Waals surface area contributed by atoms with Crippen LogP contribution >= 0.6 is 11.3 Å². The maximum Gasteiger partial charge on any atom is 0.325 e. The fraction of sp³-hybridized carbons (Fsp3) is 0.211. The van der Waals surface area contributed by atoms with Gasteiger partial charge in [0.1, 0.15) is 18.9 Å². The summed E-state index contributed by atoms with van der Waals surface area (Å²) in [7, 11) is 0. The number of carbonyl (C=O) groups excluding carboxylic acids is 2. The monoisotopic (exact) mass is 370 g/mol. The number of rotatable bonds is 7. The van der Waals surface area contributed by atoms with Gasteiger partial charge in [0.25, 0.3) is 0 Å². The Morgan fingerprint density at radius 3 is 2.73 bits per heavy atom. The second-order valence-corrected chi connectivity index (χ2v) is 6.55. The van der Waals surface area contributed by atoms with E-state index in [1.165, 1.54) is 11.3 Å². The third-order valence-electron chi connectivity index (χ3n) is 3.63. The van der Waals surface area contributed by atoms with Crippen molar-refractivity contribution in [2.24, 2.45) is 0 Å². The number of nitrogens with one attached hydrogen (secondary N) is 1. The zero-order valence-electron chi connectivity index (χ0n) is 14.2. The number of ether oxygens (including phenoxy) is 1. The molecule has 1 aromatic carbocycles. The molecule has 0 saturated carbocycles. The molecule has 0 fully saturated rings. The average Bonchev–Trinajstić information content (AvgIpc) is 3.29. The Kier molecular flexibility index (Phi) is 5.80. The summed E-state index contributed by atoms with van der Waals surface area (Å²) in [5.74, 6) is 0.298. The highest BCUT2D eigenvalue weighted by Gasteiger charge is 2.16. The maximum absolute atomic E-state index is 12.0. The van der Waals surface area contributed by atoms with Crippen molar-refractivity contribution in [3.63, 3.8) is 0 Å². The Morgan fingerprint density at radius 2 is 2.00 bits per heavy atom. The normalized spacial score (nSPS) is 10.5. The highest BCUT2D eigenvalue weighted by Crippen LogP contribution is 2.25. The molecule has 1 amide bonds. The van der Waals surface area contributed by atoms with Crippen molar-refractivity contribution in [3.05, 3.63) is 64.9 Å². The number of esters is 1. The summed E-state index contributed by atoms with van der Waals surface area (Å²) in [5, 5.41) is 4.48. The molecule has 0 aliphatic carbocycles.